The fourth-order valence-electron chi connectivity index (χ4n) is 1.92. The lowest BCUT2D eigenvalue weighted by Crippen LogP contribution is -2.24. The number of carbonyl (C=O) groups excluding carboxylic acids is 2. The first-order chi connectivity index (χ1) is 8.65. The number of hydrogen-bond acceptors (Lipinski definition) is 4. The molecule has 94 valence electrons. The summed E-state index contributed by atoms with van der Waals surface area (Å²) in [6, 6.07) is 4.78. The Bertz CT molecular complexity index is 526. The van der Waals surface area contributed by atoms with Crippen molar-refractivity contribution < 1.29 is 14.3 Å². The number of ether oxygens (including phenoxy) is 1. The van der Waals surface area contributed by atoms with Crippen LogP contribution in [0.4, 0.5) is 5.69 Å². The minimum atomic E-state index is -0.323. The molecule has 1 amide bonds. The van der Waals surface area contributed by atoms with Crippen LogP contribution in [0.1, 0.15) is 6.42 Å². The Kier molecular flexibility index (Phi) is 3.65. The summed E-state index contributed by atoms with van der Waals surface area (Å²) >= 11 is 6.00. The number of isocyanates is 1. The number of hydrogen-bond donors (Lipinski definition) is 0. The van der Waals surface area contributed by atoms with Gasteiger partial charge in [0.2, 0.25) is 12.0 Å². The zero-order chi connectivity index (χ0) is 13.1. The van der Waals surface area contributed by atoms with Gasteiger partial charge < -0.3 is 9.64 Å². The van der Waals surface area contributed by atoms with E-state index in [4.69, 9.17) is 16.3 Å². The van der Waals surface area contributed by atoms with E-state index in [1.165, 1.54) is 13.2 Å². The van der Waals surface area contributed by atoms with Crippen molar-refractivity contribution in [2.24, 2.45) is 4.99 Å². The highest BCUT2D eigenvalue weighted by Crippen LogP contribution is 2.31. The highest BCUT2D eigenvalue weighted by atomic mass is 35.5. The molecule has 0 spiro atoms. The number of halogens is 1. The van der Waals surface area contributed by atoms with Gasteiger partial charge in [0.25, 0.3) is 0 Å². The summed E-state index contributed by atoms with van der Waals surface area (Å²) in [5.41, 5.74) is 0.675. The molecule has 0 bridgehead atoms. The molecule has 1 atom stereocenters. The lowest BCUT2D eigenvalue weighted by atomic mass is 10.2. The van der Waals surface area contributed by atoms with E-state index in [2.05, 4.69) is 4.99 Å². The van der Waals surface area contributed by atoms with E-state index in [0.29, 0.717) is 23.0 Å². The van der Waals surface area contributed by atoms with Gasteiger partial charge >= 0.3 is 0 Å². The molecule has 0 N–H and O–H groups in total. The molecule has 6 heteroatoms. The number of benzene rings is 1. The summed E-state index contributed by atoms with van der Waals surface area (Å²) < 4.78 is 5.04. The molecule has 5 nitrogen and oxygen atoms in total. The molecule has 1 fully saturated rings. The summed E-state index contributed by atoms with van der Waals surface area (Å²) in [5, 5.41) is 0.435. The van der Waals surface area contributed by atoms with Crippen LogP contribution in [0.15, 0.2) is 23.2 Å². The van der Waals surface area contributed by atoms with Crippen molar-refractivity contribution in [1.82, 2.24) is 0 Å². The normalized spacial score (nSPS) is 18.7. The molecule has 1 heterocycles. The molecule has 1 aliphatic heterocycles. The largest absolute Gasteiger partial charge is 0.495 e. The average molecular weight is 267 g/mol. The van der Waals surface area contributed by atoms with Crippen molar-refractivity contribution in [3.05, 3.63) is 23.2 Å². The lowest BCUT2D eigenvalue weighted by Gasteiger charge is -2.16. The summed E-state index contributed by atoms with van der Waals surface area (Å²) in [4.78, 5) is 27.1. The molecule has 0 aliphatic carbocycles. The molecule has 18 heavy (non-hydrogen) atoms. The zero-order valence-corrected chi connectivity index (χ0v) is 10.5. The molecular weight excluding hydrogens is 256 g/mol. The molecule has 0 aromatic heterocycles. The third-order valence-corrected chi connectivity index (χ3v) is 3.08. The first kappa shape index (κ1) is 12.6. The Hall–Kier alpha value is -1.84. The van der Waals surface area contributed by atoms with Crippen molar-refractivity contribution >= 4 is 29.3 Å². The van der Waals surface area contributed by atoms with Crippen LogP contribution in [-0.4, -0.2) is 31.7 Å². The lowest BCUT2D eigenvalue weighted by molar-refractivity contribution is -0.117. The van der Waals surface area contributed by atoms with Crippen molar-refractivity contribution in [1.29, 1.82) is 0 Å². The van der Waals surface area contributed by atoms with Gasteiger partial charge in [-0.1, -0.05) is 11.6 Å². The first-order valence-corrected chi connectivity index (χ1v) is 5.74. The molecule has 1 aromatic rings. The first-order valence-electron chi connectivity index (χ1n) is 5.36. The zero-order valence-electron chi connectivity index (χ0n) is 9.72. The van der Waals surface area contributed by atoms with Gasteiger partial charge in [-0.3, -0.25) is 4.79 Å². The van der Waals surface area contributed by atoms with Gasteiger partial charge in [0.05, 0.1) is 24.6 Å². The highest BCUT2D eigenvalue weighted by Gasteiger charge is 2.30. The maximum Gasteiger partial charge on any atom is 0.235 e. The van der Waals surface area contributed by atoms with Gasteiger partial charge in [0.1, 0.15) is 5.75 Å². The quantitative estimate of drug-likeness (QED) is 0.619. The Morgan fingerprint density at radius 2 is 2.33 bits per heavy atom. The molecule has 1 aromatic carbocycles. The van der Waals surface area contributed by atoms with E-state index >= 15 is 0 Å². The van der Waals surface area contributed by atoms with E-state index in [-0.39, 0.29) is 18.4 Å². The number of amides is 1. The monoisotopic (exact) mass is 266 g/mol. The van der Waals surface area contributed by atoms with Crippen LogP contribution < -0.4 is 9.64 Å². The molecular formula is C12H11ClN2O3. The Morgan fingerprint density at radius 3 is 2.94 bits per heavy atom. The van der Waals surface area contributed by atoms with Crippen LogP contribution >= 0.6 is 11.6 Å². The second-order valence-electron chi connectivity index (χ2n) is 3.90. The summed E-state index contributed by atoms with van der Waals surface area (Å²) in [6.07, 6.45) is 1.70. The fourth-order valence-corrected chi connectivity index (χ4v) is 2.17. The average Bonchev–Trinajstić information content (AvgIpc) is 2.71. The van der Waals surface area contributed by atoms with Crippen molar-refractivity contribution in [3.8, 4) is 5.75 Å². The van der Waals surface area contributed by atoms with Gasteiger partial charge in [-0.25, -0.2) is 9.79 Å². The van der Waals surface area contributed by atoms with Gasteiger partial charge in [-0.05, 0) is 18.2 Å². The van der Waals surface area contributed by atoms with E-state index in [9.17, 15) is 9.59 Å². The number of nitrogens with zero attached hydrogens (tertiary/aromatic N) is 2. The molecule has 2 rings (SSSR count). The fraction of sp³-hybridized carbons (Fsp3) is 0.333. The maximum absolute atomic E-state index is 11.8. The Labute approximate surface area is 109 Å². The van der Waals surface area contributed by atoms with Gasteiger partial charge in [0.15, 0.2) is 0 Å². The van der Waals surface area contributed by atoms with Crippen molar-refractivity contribution in [3.63, 3.8) is 0 Å². The smallest absolute Gasteiger partial charge is 0.235 e. The minimum Gasteiger partial charge on any atom is -0.495 e. The van der Waals surface area contributed by atoms with E-state index in [1.54, 1.807) is 23.1 Å². The van der Waals surface area contributed by atoms with E-state index in [0.717, 1.165) is 0 Å². The number of methoxy groups -OCH3 is 1. The standard InChI is InChI=1S/C12H11ClN2O3/c1-18-11-3-2-9(5-10(11)13)15-6-8(14-7-16)4-12(15)17/h2-3,5,8H,4,6H2,1H3. The number of aliphatic imine (C=N–C) groups is 1. The Morgan fingerprint density at radius 1 is 1.56 bits per heavy atom. The summed E-state index contributed by atoms with van der Waals surface area (Å²) in [6.45, 7) is 0.372. The summed E-state index contributed by atoms with van der Waals surface area (Å²) in [7, 11) is 1.52. The van der Waals surface area contributed by atoms with Crippen molar-refractivity contribution in [2.75, 3.05) is 18.6 Å². The van der Waals surface area contributed by atoms with Crippen LogP contribution in [0.5, 0.6) is 5.75 Å². The highest BCUT2D eigenvalue weighted by molar-refractivity contribution is 6.32. The third-order valence-electron chi connectivity index (χ3n) is 2.79. The molecule has 1 saturated heterocycles. The van der Waals surface area contributed by atoms with Gasteiger partial charge in [-0.15, -0.1) is 0 Å². The third kappa shape index (κ3) is 2.37. The number of rotatable bonds is 3. The molecule has 0 saturated carbocycles. The topological polar surface area (TPSA) is 59.0 Å². The Balaban J connectivity index is 2.24. The summed E-state index contributed by atoms with van der Waals surface area (Å²) in [5.74, 6) is 0.467. The number of anilines is 1. The van der Waals surface area contributed by atoms with Gasteiger partial charge in [-0.2, -0.15) is 0 Å². The van der Waals surface area contributed by atoms with Crippen LogP contribution in [0, 0.1) is 0 Å². The SMILES string of the molecule is COc1ccc(N2CC(N=C=O)CC2=O)cc1Cl. The predicted molar refractivity (Wildman–Crippen MR) is 66.9 cm³/mol. The molecule has 1 aliphatic rings. The second-order valence-corrected chi connectivity index (χ2v) is 4.31. The van der Waals surface area contributed by atoms with Gasteiger partial charge in [0, 0.05) is 12.2 Å². The minimum absolute atomic E-state index is 0.0831. The molecule has 0 radical (unpaired) electrons. The van der Waals surface area contributed by atoms with Crippen LogP contribution in [-0.2, 0) is 9.59 Å². The van der Waals surface area contributed by atoms with Crippen LogP contribution in [0.2, 0.25) is 5.02 Å². The predicted octanol–water partition coefficient (Wildman–Crippen LogP) is 1.79. The van der Waals surface area contributed by atoms with Crippen molar-refractivity contribution in [2.45, 2.75) is 12.5 Å². The van der Waals surface area contributed by atoms with Crippen LogP contribution in [0.25, 0.3) is 0 Å². The van der Waals surface area contributed by atoms with Crippen LogP contribution in [0.3, 0.4) is 0 Å². The second kappa shape index (κ2) is 5.21. The van der Waals surface area contributed by atoms with E-state index in [1.807, 2.05) is 0 Å². The molecule has 1 unspecified atom stereocenters. The maximum atomic E-state index is 11.8. The number of carbonyl (C=O) groups is 1. The van der Waals surface area contributed by atoms with E-state index < -0.39 is 0 Å².